The number of ether oxygens (including phenoxy) is 2. The van der Waals surface area contributed by atoms with Gasteiger partial charge in [-0.05, 0) is 0 Å². The third-order valence-corrected chi connectivity index (χ3v) is 3.01. The van der Waals surface area contributed by atoms with Crippen LogP contribution in [0, 0.1) is 0 Å². The molecule has 86 valence electrons. The van der Waals surface area contributed by atoms with Crippen LogP contribution in [0.3, 0.4) is 0 Å². The molecule has 1 heterocycles. The summed E-state index contributed by atoms with van der Waals surface area (Å²) >= 11 is 0. The molecule has 1 saturated heterocycles. The lowest BCUT2D eigenvalue weighted by Gasteiger charge is -2.11. The first-order chi connectivity index (χ1) is 6.95. The molecule has 15 heavy (non-hydrogen) atoms. The Bertz CT molecular complexity index is 340. The van der Waals surface area contributed by atoms with Crippen LogP contribution >= 0.6 is 0 Å². The van der Waals surface area contributed by atoms with E-state index in [1.54, 1.807) is 0 Å². The van der Waals surface area contributed by atoms with E-state index in [9.17, 15) is 13.2 Å². The number of rotatable bonds is 5. The molecule has 1 fully saturated rings. The third-order valence-electron chi connectivity index (χ3n) is 1.91. The third kappa shape index (κ3) is 3.38. The highest BCUT2D eigenvalue weighted by Crippen LogP contribution is 2.12. The molecule has 7 heteroatoms. The van der Waals surface area contributed by atoms with Gasteiger partial charge in [0.05, 0.1) is 19.6 Å². The van der Waals surface area contributed by atoms with Crippen LogP contribution in [0.4, 0.5) is 0 Å². The predicted molar refractivity (Wildman–Crippen MR) is 50.8 cm³/mol. The van der Waals surface area contributed by atoms with Crippen molar-refractivity contribution in [2.24, 2.45) is 0 Å². The van der Waals surface area contributed by atoms with Gasteiger partial charge >= 0.3 is 0 Å². The maximum atomic E-state index is 11.4. The molecule has 0 radical (unpaired) electrons. The minimum atomic E-state index is -4.43. The highest BCUT2D eigenvalue weighted by Gasteiger charge is 2.31. The van der Waals surface area contributed by atoms with Crippen molar-refractivity contribution in [1.29, 1.82) is 0 Å². The molecule has 0 bridgehead atoms. The largest absolute Gasteiger partial charge is 0.350 e. The van der Waals surface area contributed by atoms with E-state index in [4.69, 9.17) is 14.0 Å². The topological polar surface area (TPSA) is 89.9 Å². The summed E-state index contributed by atoms with van der Waals surface area (Å²) in [4.78, 5) is 11.4. The molecular weight excluding hydrogens is 224 g/mol. The summed E-state index contributed by atoms with van der Waals surface area (Å²) in [7, 11) is -4.43. The van der Waals surface area contributed by atoms with Gasteiger partial charge in [0, 0.05) is 0 Å². The summed E-state index contributed by atoms with van der Waals surface area (Å²) in [5.41, 5.74) is 0. The zero-order valence-corrected chi connectivity index (χ0v) is 8.77. The second kappa shape index (κ2) is 4.84. The van der Waals surface area contributed by atoms with Gasteiger partial charge < -0.3 is 9.47 Å². The lowest BCUT2D eigenvalue weighted by atomic mass is 10.2. The van der Waals surface area contributed by atoms with Gasteiger partial charge in [-0.25, -0.2) is 0 Å². The first-order valence-electron chi connectivity index (χ1n) is 4.30. The van der Waals surface area contributed by atoms with Crippen molar-refractivity contribution in [3.05, 3.63) is 12.7 Å². The Kier molecular flexibility index (Phi) is 3.97. The summed E-state index contributed by atoms with van der Waals surface area (Å²) in [6.45, 7) is 3.94. The normalized spacial score (nSPS) is 20.1. The Balaban J connectivity index is 2.61. The highest BCUT2D eigenvalue weighted by molar-refractivity contribution is 7.87. The van der Waals surface area contributed by atoms with Gasteiger partial charge in [0.1, 0.15) is 0 Å². The summed E-state index contributed by atoms with van der Waals surface area (Å²) in [6, 6.07) is 0. The van der Waals surface area contributed by atoms with Gasteiger partial charge in [-0.1, -0.05) is 6.08 Å². The SMILES string of the molecule is C=CC(C(=O)CC1OCCO1)S(=O)(=O)O. The van der Waals surface area contributed by atoms with Gasteiger partial charge in [-0.15, -0.1) is 6.58 Å². The Hall–Kier alpha value is -0.760. The van der Waals surface area contributed by atoms with E-state index in [0.717, 1.165) is 6.08 Å². The Morgan fingerprint density at radius 1 is 1.53 bits per heavy atom. The quantitative estimate of drug-likeness (QED) is 0.523. The van der Waals surface area contributed by atoms with Crippen LogP contribution in [-0.4, -0.2) is 43.5 Å². The molecule has 1 aliphatic heterocycles. The fourth-order valence-electron chi connectivity index (χ4n) is 1.22. The van der Waals surface area contributed by atoms with Crippen molar-refractivity contribution in [3.8, 4) is 0 Å². The molecule has 0 saturated carbocycles. The maximum Gasteiger partial charge on any atom is 0.278 e. The number of carbonyl (C=O) groups excluding carboxylic acids is 1. The highest BCUT2D eigenvalue weighted by atomic mass is 32.2. The summed E-state index contributed by atoms with van der Waals surface area (Å²) in [5, 5.41) is -1.61. The molecule has 0 aromatic rings. The lowest BCUT2D eigenvalue weighted by Crippen LogP contribution is -2.30. The van der Waals surface area contributed by atoms with Crippen molar-refractivity contribution in [2.75, 3.05) is 13.2 Å². The van der Waals surface area contributed by atoms with Crippen LogP contribution in [0.1, 0.15) is 6.42 Å². The van der Waals surface area contributed by atoms with E-state index >= 15 is 0 Å². The molecule has 0 aliphatic carbocycles. The van der Waals surface area contributed by atoms with Gasteiger partial charge in [0.15, 0.2) is 17.3 Å². The molecule has 6 nitrogen and oxygen atoms in total. The molecule has 1 rings (SSSR count). The molecule has 1 unspecified atom stereocenters. The number of carbonyl (C=O) groups is 1. The van der Waals surface area contributed by atoms with Gasteiger partial charge in [0.25, 0.3) is 10.1 Å². The van der Waals surface area contributed by atoms with E-state index in [2.05, 4.69) is 6.58 Å². The van der Waals surface area contributed by atoms with E-state index in [0.29, 0.717) is 13.2 Å². The summed E-state index contributed by atoms with van der Waals surface area (Å²) in [6.07, 6.45) is -0.0509. The molecule has 0 amide bonds. The maximum absolute atomic E-state index is 11.4. The molecule has 1 N–H and O–H groups in total. The number of hydrogen-bond acceptors (Lipinski definition) is 5. The van der Waals surface area contributed by atoms with Gasteiger partial charge in [-0.3, -0.25) is 9.35 Å². The monoisotopic (exact) mass is 236 g/mol. The Labute approximate surface area is 87.6 Å². The van der Waals surface area contributed by atoms with Crippen LogP contribution in [0.25, 0.3) is 0 Å². The number of Topliss-reactive ketones (excluding diaryl/α,β-unsaturated/α-hetero) is 1. The van der Waals surface area contributed by atoms with Crippen LogP contribution in [-0.2, 0) is 24.4 Å². The molecule has 1 atom stereocenters. The number of ketones is 1. The smallest absolute Gasteiger partial charge is 0.278 e. The molecule has 1 aliphatic rings. The zero-order valence-electron chi connectivity index (χ0n) is 7.96. The predicted octanol–water partition coefficient (Wildman–Crippen LogP) is -0.239. The second-order valence-electron chi connectivity index (χ2n) is 3.01. The second-order valence-corrected chi connectivity index (χ2v) is 4.55. The first kappa shape index (κ1) is 12.3. The molecular formula is C8H12O6S. The minimum Gasteiger partial charge on any atom is -0.350 e. The van der Waals surface area contributed by atoms with Crippen LogP contribution < -0.4 is 0 Å². The fourth-order valence-corrected chi connectivity index (χ4v) is 1.90. The van der Waals surface area contributed by atoms with Gasteiger partial charge in [0.2, 0.25) is 0 Å². The summed E-state index contributed by atoms with van der Waals surface area (Å²) in [5.74, 6) is -0.695. The van der Waals surface area contributed by atoms with E-state index in [-0.39, 0.29) is 6.42 Å². The van der Waals surface area contributed by atoms with E-state index in [1.165, 1.54) is 0 Å². The van der Waals surface area contributed by atoms with Crippen molar-refractivity contribution in [2.45, 2.75) is 18.0 Å². The number of hydrogen-bond donors (Lipinski definition) is 1. The Morgan fingerprint density at radius 3 is 2.47 bits per heavy atom. The van der Waals surface area contributed by atoms with Crippen molar-refractivity contribution < 1.29 is 27.2 Å². The molecule has 0 spiro atoms. The first-order valence-corrected chi connectivity index (χ1v) is 5.80. The van der Waals surface area contributed by atoms with Gasteiger partial charge in [-0.2, -0.15) is 8.42 Å². The standard InChI is InChI=1S/C8H12O6S/c1-2-7(15(10,11)12)6(9)5-8-13-3-4-14-8/h2,7-8H,1,3-5H2,(H,10,11,12). The zero-order chi connectivity index (χ0) is 11.5. The average molecular weight is 236 g/mol. The minimum absolute atomic E-state index is 0.212. The fraction of sp³-hybridized carbons (Fsp3) is 0.625. The molecule has 0 aromatic heterocycles. The van der Waals surface area contributed by atoms with Crippen molar-refractivity contribution in [3.63, 3.8) is 0 Å². The van der Waals surface area contributed by atoms with Crippen LogP contribution in [0.15, 0.2) is 12.7 Å². The van der Waals surface area contributed by atoms with Crippen LogP contribution in [0.2, 0.25) is 0 Å². The Morgan fingerprint density at radius 2 is 2.07 bits per heavy atom. The van der Waals surface area contributed by atoms with Crippen LogP contribution in [0.5, 0.6) is 0 Å². The summed E-state index contributed by atoms with van der Waals surface area (Å²) < 4.78 is 40.2. The van der Waals surface area contributed by atoms with Crippen molar-refractivity contribution >= 4 is 15.9 Å². The van der Waals surface area contributed by atoms with E-state index in [1.807, 2.05) is 0 Å². The molecule has 0 aromatic carbocycles. The average Bonchev–Trinajstić information content (AvgIpc) is 2.54. The van der Waals surface area contributed by atoms with E-state index < -0.39 is 27.4 Å². The van der Waals surface area contributed by atoms with Crippen molar-refractivity contribution in [1.82, 2.24) is 0 Å². The lowest BCUT2D eigenvalue weighted by molar-refractivity contribution is -0.126.